The highest BCUT2D eigenvalue weighted by molar-refractivity contribution is 5.53. The average molecular weight is 449 g/mol. The molecule has 1 unspecified atom stereocenters. The first-order chi connectivity index (χ1) is 15.5. The number of aliphatic hydroxyl groups is 5. The minimum absolute atomic E-state index is 0.0288. The summed E-state index contributed by atoms with van der Waals surface area (Å²) >= 11 is 0. The molecular formula is C22H27NO9. The van der Waals surface area contributed by atoms with Gasteiger partial charge in [-0.2, -0.15) is 0 Å². The van der Waals surface area contributed by atoms with Crippen molar-refractivity contribution in [3.8, 4) is 11.5 Å². The molecule has 10 nitrogen and oxygen atoms in total. The molecule has 1 aromatic rings. The van der Waals surface area contributed by atoms with Crippen LogP contribution in [0.25, 0.3) is 0 Å². The van der Waals surface area contributed by atoms with Crippen LogP contribution < -0.4 is 9.47 Å². The fourth-order valence-corrected chi connectivity index (χ4v) is 5.83. The maximum absolute atomic E-state index is 11.0. The van der Waals surface area contributed by atoms with E-state index in [1.54, 1.807) is 0 Å². The monoisotopic (exact) mass is 449 g/mol. The van der Waals surface area contributed by atoms with Crippen LogP contribution in [-0.4, -0.2) is 99.3 Å². The molecule has 2 fully saturated rings. The van der Waals surface area contributed by atoms with Crippen molar-refractivity contribution < 1.29 is 44.5 Å². The molecule has 0 spiro atoms. The van der Waals surface area contributed by atoms with Gasteiger partial charge < -0.3 is 44.5 Å². The zero-order valence-corrected chi connectivity index (χ0v) is 17.3. The van der Waals surface area contributed by atoms with Crippen LogP contribution in [0.3, 0.4) is 0 Å². The minimum atomic E-state index is -1.55. The van der Waals surface area contributed by atoms with Crippen molar-refractivity contribution in [2.75, 3.05) is 19.9 Å². The molecule has 4 heterocycles. The van der Waals surface area contributed by atoms with E-state index in [1.165, 1.54) is 0 Å². The maximum Gasteiger partial charge on any atom is 0.231 e. The first-order valence-corrected chi connectivity index (χ1v) is 11.0. The number of fused-ring (bicyclic) bond motifs is 3. The van der Waals surface area contributed by atoms with Gasteiger partial charge >= 0.3 is 0 Å². The summed E-state index contributed by atoms with van der Waals surface area (Å²) < 4.78 is 22.8. The number of ether oxygens (including phenoxy) is 4. The molecule has 1 aromatic carbocycles. The van der Waals surface area contributed by atoms with E-state index in [4.69, 9.17) is 18.9 Å². The fraction of sp³-hybridized carbons (Fsp3) is 0.636. The zero-order valence-electron chi connectivity index (χ0n) is 17.3. The second-order valence-corrected chi connectivity index (χ2v) is 9.13. The zero-order chi connectivity index (χ0) is 22.1. The fourth-order valence-electron chi connectivity index (χ4n) is 5.83. The predicted octanol–water partition coefficient (Wildman–Crippen LogP) is -1.43. The van der Waals surface area contributed by atoms with Gasteiger partial charge in [-0.15, -0.1) is 0 Å². The van der Waals surface area contributed by atoms with Crippen LogP contribution in [0, 0.1) is 0 Å². The third-order valence-corrected chi connectivity index (χ3v) is 7.38. The highest BCUT2D eigenvalue weighted by Crippen LogP contribution is 2.50. The Kier molecular flexibility index (Phi) is 4.97. The summed E-state index contributed by atoms with van der Waals surface area (Å²) in [4.78, 5) is 2.34. The van der Waals surface area contributed by atoms with Gasteiger partial charge in [-0.05, 0) is 29.7 Å². The third kappa shape index (κ3) is 3.02. The topological polar surface area (TPSA) is 141 Å². The van der Waals surface area contributed by atoms with E-state index in [1.807, 2.05) is 18.2 Å². The Morgan fingerprint density at radius 3 is 2.59 bits per heavy atom. The maximum atomic E-state index is 11.0. The Hall–Kier alpha value is -1.76. The lowest BCUT2D eigenvalue weighted by Gasteiger charge is -2.48. The van der Waals surface area contributed by atoms with Crippen LogP contribution in [0.1, 0.15) is 23.5 Å². The van der Waals surface area contributed by atoms with Crippen LogP contribution >= 0.6 is 0 Å². The molecule has 0 bridgehead atoms. The lowest BCUT2D eigenvalue weighted by atomic mass is 9.73. The van der Waals surface area contributed by atoms with Crippen molar-refractivity contribution in [1.29, 1.82) is 0 Å². The van der Waals surface area contributed by atoms with E-state index >= 15 is 0 Å². The highest BCUT2D eigenvalue weighted by atomic mass is 16.7. The average Bonchev–Trinajstić information content (AvgIpc) is 3.41. The molecule has 9 atom stereocenters. The molecule has 0 saturated carbocycles. The molecule has 0 radical (unpaired) electrons. The Morgan fingerprint density at radius 2 is 1.81 bits per heavy atom. The number of hydrogen-bond donors (Lipinski definition) is 5. The van der Waals surface area contributed by atoms with Crippen molar-refractivity contribution >= 4 is 0 Å². The first kappa shape index (κ1) is 20.8. The Labute approximate surface area is 184 Å². The van der Waals surface area contributed by atoms with Crippen LogP contribution in [0.4, 0.5) is 0 Å². The summed E-state index contributed by atoms with van der Waals surface area (Å²) in [6.07, 6.45) is -6.05. The lowest BCUT2D eigenvalue weighted by Crippen LogP contribution is -2.61. The third-order valence-electron chi connectivity index (χ3n) is 7.38. The van der Waals surface area contributed by atoms with Crippen LogP contribution in [0.2, 0.25) is 0 Å². The number of aliphatic hydroxyl groups excluding tert-OH is 5. The van der Waals surface area contributed by atoms with Gasteiger partial charge in [0.2, 0.25) is 6.79 Å². The van der Waals surface area contributed by atoms with E-state index in [0.717, 1.165) is 36.2 Å². The van der Waals surface area contributed by atoms with E-state index in [-0.39, 0.29) is 18.8 Å². The molecule has 32 heavy (non-hydrogen) atoms. The van der Waals surface area contributed by atoms with Crippen molar-refractivity contribution in [2.45, 2.75) is 67.8 Å². The lowest BCUT2D eigenvalue weighted by molar-refractivity contribution is -0.318. The summed E-state index contributed by atoms with van der Waals surface area (Å²) in [5, 5.41) is 51.3. The summed E-state index contributed by atoms with van der Waals surface area (Å²) in [6.45, 7) is 1.22. The van der Waals surface area contributed by atoms with Crippen molar-refractivity contribution in [2.24, 2.45) is 0 Å². The van der Waals surface area contributed by atoms with Crippen LogP contribution in [-0.2, 0) is 16.0 Å². The smallest absolute Gasteiger partial charge is 0.231 e. The first-order valence-electron chi connectivity index (χ1n) is 11.0. The van der Waals surface area contributed by atoms with Crippen molar-refractivity contribution in [3.05, 3.63) is 34.9 Å². The number of rotatable bonds is 3. The molecule has 2 saturated heterocycles. The molecule has 0 aromatic heterocycles. The Bertz CT molecular complexity index is 936. The van der Waals surface area contributed by atoms with Gasteiger partial charge in [0.25, 0.3) is 0 Å². The molecule has 4 aliphatic heterocycles. The number of nitrogens with zero attached hydrogens (tertiary/aromatic N) is 1. The van der Waals surface area contributed by atoms with Gasteiger partial charge in [-0.25, -0.2) is 0 Å². The molecular weight excluding hydrogens is 422 g/mol. The van der Waals surface area contributed by atoms with E-state index in [9.17, 15) is 25.5 Å². The van der Waals surface area contributed by atoms with Gasteiger partial charge in [0.05, 0.1) is 18.8 Å². The van der Waals surface area contributed by atoms with Gasteiger partial charge in [-0.1, -0.05) is 11.6 Å². The summed E-state index contributed by atoms with van der Waals surface area (Å²) in [5.41, 5.74) is 3.20. The van der Waals surface area contributed by atoms with Gasteiger partial charge in [0, 0.05) is 25.0 Å². The van der Waals surface area contributed by atoms with Crippen LogP contribution in [0.5, 0.6) is 11.5 Å². The SMILES string of the molecule is OC[C@H]1OC(O[C@H]2[C@H]3c4cc5c(cc4CN4CCC(=C[C@@H]2O)[C@H]34)OCO5)[C@H](O)[C@@H](O)[C@@H]1O. The quantitative estimate of drug-likeness (QED) is 0.349. The number of hydrogen-bond acceptors (Lipinski definition) is 10. The molecule has 1 aliphatic carbocycles. The summed E-state index contributed by atoms with van der Waals surface area (Å²) in [6, 6.07) is 3.94. The normalized spacial score (nSPS) is 42.4. The second-order valence-electron chi connectivity index (χ2n) is 9.13. The van der Waals surface area contributed by atoms with Crippen molar-refractivity contribution in [3.63, 3.8) is 0 Å². The minimum Gasteiger partial charge on any atom is -0.454 e. The number of benzene rings is 1. The van der Waals surface area contributed by atoms with Crippen molar-refractivity contribution in [1.82, 2.24) is 4.90 Å². The molecule has 5 N–H and O–H groups in total. The second kappa shape index (κ2) is 7.64. The van der Waals surface area contributed by atoms with Gasteiger partial charge in [-0.3, -0.25) is 4.90 Å². The molecule has 0 amide bonds. The standard InChI is InChI=1S/C22H27NO9/c24-7-15-18(26)19(27)20(28)22(31-15)32-21-12(25)3-9-1-2-23-6-10-4-13-14(30-8-29-13)5-11(10)16(21)17(9)23/h3-5,12,15-22,24-28H,1-2,6-8H2/t12-,15+,16-,17+,18+,19-,20+,21+,22?/m0/s1. The molecule has 10 heteroatoms. The van der Waals surface area contributed by atoms with E-state index in [0.29, 0.717) is 11.5 Å². The van der Waals surface area contributed by atoms with E-state index in [2.05, 4.69) is 4.90 Å². The molecule has 174 valence electrons. The largest absolute Gasteiger partial charge is 0.454 e. The Balaban J connectivity index is 1.37. The van der Waals surface area contributed by atoms with Gasteiger partial charge in [0.1, 0.15) is 24.4 Å². The summed E-state index contributed by atoms with van der Waals surface area (Å²) in [5.74, 6) is 1.07. The van der Waals surface area contributed by atoms with E-state index < -0.39 is 49.5 Å². The predicted molar refractivity (Wildman–Crippen MR) is 107 cm³/mol. The summed E-state index contributed by atoms with van der Waals surface area (Å²) in [7, 11) is 0. The highest BCUT2D eigenvalue weighted by Gasteiger charge is 2.52. The van der Waals surface area contributed by atoms with Gasteiger partial charge in [0.15, 0.2) is 17.8 Å². The van der Waals surface area contributed by atoms with Crippen LogP contribution in [0.15, 0.2) is 23.8 Å². The molecule has 6 rings (SSSR count). The Morgan fingerprint density at radius 1 is 1.03 bits per heavy atom. The molecule has 5 aliphatic rings.